The molecule has 0 N–H and O–H groups in total. The number of rotatable bonds is 3. The molecule has 0 atom stereocenters. The number of carbonyl (C=O) groups excluding carboxylic acids is 1. The maximum absolute atomic E-state index is 13.0. The lowest BCUT2D eigenvalue weighted by atomic mass is 9.88. The second-order valence-corrected chi connectivity index (χ2v) is 9.36. The Hall–Kier alpha value is -2.03. The van der Waals surface area contributed by atoms with Gasteiger partial charge in [0.05, 0.1) is 21.9 Å². The number of sulfone groups is 1. The van der Waals surface area contributed by atoms with Crippen LogP contribution in [0.15, 0.2) is 21.6 Å². The zero-order valence-corrected chi connectivity index (χ0v) is 18.2. The van der Waals surface area contributed by atoms with Crippen molar-refractivity contribution < 1.29 is 22.7 Å². The molecule has 0 fully saturated rings. The fourth-order valence-electron chi connectivity index (χ4n) is 4.33. The number of hydrogen-bond donors (Lipinski definition) is 0. The summed E-state index contributed by atoms with van der Waals surface area (Å²) in [6.45, 7) is 7.22. The van der Waals surface area contributed by atoms with E-state index in [-0.39, 0.29) is 23.0 Å². The first-order valence-corrected chi connectivity index (χ1v) is 10.7. The average Bonchev–Trinajstić information content (AvgIpc) is 2.89. The summed E-state index contributed by atoms with van der Waals surface area (Å²) >= 11 is 0. The minimum absolute atomic E-state index is 0.0663. The number of likely N-dealkylation sites (N-methyl/N-ethyl adjacent to an activating group) is 1. The number of benzene rings is 1. The van der Waals surface area contributed by atoms with E-state index in [1.165, 1.54) is 19.2 Å². The van der Waals surface area contributed by atoms with Crippen LogP contribution in [0.5, 0.6) is 0 Å². The van der Waals surface area contributed by atoms with Crippen LogP contribution in [-0.2, 0) is 29.9 Å². The van der Waals surface area contributed by atoms with Gasteiger partial charge in [0, 0.05) is 33.3 Å². The summed E-state index contributed by atoms with van der Waals surface area (Å²) in [5.41, 5.74) is 4.43. The van der Waals surface area contributed by atoms with Gasteiger partial charge in [-0.25, -0.2) is 13.4 Å². The summed E-state index contributed by atoms with van der Waals surface area (Å²) in [4.78, 5) is 12.8. The summed E-state index contributed by atoms with van der Waals surface area (Å²) in [5, 5.41) is 5.50. The Morgan fingerprint density at radius 1 is 1.21 bits per heavy atom. The van der Waals surface area contributed by atoms with Crippen LogP contribution in [0.2, 0.25) is 0 Å². The van der Waals surface area contributed by atoms with Crippen LogP contribution in [0.4, 0.5) is 0 Å². The van der Waals surface area contributed by atoms with Crippen LogP contribution in [0.25, 0.3) is 5.57 Å². The van der Waals surface area contributed by atoms with Crippen LogP contribution >= 0.6 is 0 Å². The highest BCUT2D eigenvalue weighted by Gasteiger charge is 2.45. The first-order chi connectivity index (χ1) is 13.0. The molecule has 7 nitrogen and oxygen atoms in total. The summed E-state index contributed by atoms with van der Waals surface area (Å²) in [6, 6.07) is 1.91. The highest BCUT2D eigenvalue weighted by molar-refractivity contribution is 7.91. The average molecular weight is 407 g/mol. The van der Waals surface area contributed by atoms with Crippen molar-refractivity contribution in [3.05, 3.63) is 33.9 Å². The molecule has 0 aliphatic carbocycles. The Labute approximate surface area is 165 Å². The molecule has 0 saturated heterocycles. The van der Waals surface area contributed by atoms with Gasteiger partial charge in [-0.15, -0.1) is 0 Å². The van der Waals surface area contributed by atoms with Crippen molar-refractivity contribution in [2.75, 3.05) is 27.0 Å². The number of carbonyl (C=O) groups is 1. The van der Waals surface area contributed by atoms with Crippen LogP contribution in [0.1, 0.15) is 42.5 Å². The normalized spacial score (nSPS) is 22.2. The van der Waals surface area contributed by atoms with Crippen molar-refractivity contribution in [3.8, 4) is 0 Å². The van der Waals surface area contributed by atoms with Crippen molar-refractivity contribution in [1.82, 2.24) is 5.01 Å². The summed E-state index contributed by atoms with van der Waals surface area (Å²) in [6.07, 6.45) is 0.226. The lowest BCUT2D eigenvalue weighted by Gasteiger charge is -2.38. The second kappa shape index (κ2) is 6.79. The Balaban J connectivity index is 2.37. The largest absolute Gasteiger partial charge is 0.349 e. The number of hydrogen-bond acceptors (Lipinski definition) is 6. The topological polar surface area (TPSA) is 85.3 Å². The summed E-state index contributed by atoms with van der Waals surface area (Å²) in [7, 11) is 1.14. The van der Waals surface area contributed by atoms with Gasteiger partial charge in [0.15, 0.2) is 15.6 Å². The molecule has 2 heterocycles. The molecule has 0 spiro atoms. The van der Waals surface area contributed by atoms with Crippen LogP contribution in [0, 0.1) is 13.8 Å². The van der Waals surface area contributed by atoms with Crippen molar-refractivity contribution in [2.24, 2.45) is 5.10 Å². The maximum Gasteiger partial charge on any atom is 0.275 e. The van der Waals surface area contributed by atoms with Gasteiger partial charge in [0.1, 0.15) is 0 Å². The van der Waals surface area contributed by atoms with E-state index in [1.807, 2.05) is 19.9 Å². The van der Waals surface area contributed by atoms with Gasteiger partial charge in [-0.05, 0) is 50.0 Å². The molecular weight excluding hydrogens is 380 g/mol. The molecule has 1 aromatic rings. The van der Waals surface area contributed by atoms with E-state index < -0.39 is 15.6 Å². The standard InChI is InChI=1S/C20H26N2O5S/c1-11-10-15(12(2)16-14(4)21-22(5)19(16)23)13(3)18-17(11)20(26-6,27-7)8-9-28(18,24)25/h10H,8-9H2,1-7H3/b16-12-. The Bertz CT molecular complexity index is 1030. The molecule has 1 amide bonds. The third kappa shape index (κ3) is 2.82. The van der Waals surface area contributed by atoms with Crippen LogP contribution in [0.3, 0.4) is 0 Å². The molecule has 0 saturated carbocycles. The second-order valence-electron chi connectivity index (χ2n) is 7.31. The predicted octanol–water partition coefficient (Wildman–Crippen LogP) is 2.55. The first kappa shape index (κ1) is 20.7. The number of fused-ring (bicyclic) bond motifs is 1. The quantitative estimate of drug-likeness (QED) is 0.569. The zero-order chi connectivity index (χ0) is 21.0. The SMILES string of the molecule is COC1(OC)CCS(=O)(=O)c2c(C)c(/C(C)=C3\C(=O)N(C)N=C3C)cc(C)c21. The smallest absolute Gasteiger partial charge is 0.275 e. The van der Waals surface area contributed by atoms with Crippen molar-refractivity contribution in [1.29, 1.82) is 0 Å². The van der Waals surface area contributed by atoms with Crippen LogP contribution < -0.4 is 0 Å². The summed E-state index contributed by atoms with van der Waals surface area (Å²) < 4.78 is 37.3. The van der Waals surface area contributed by atoms with Gasteiger partial charge in [-0.3, -0.25) is 4.79 Å². The Morgan fingerprint density at radius 2 is 1.82 bits per heavy atom. The van der Waals surface area contributed by atoms with Gasteiger partial charge < -0.3 is 9.47 Å². The highest BCUT2D eigenvalue weighted by atomic mass is 32.2. The van der Waals surface area contributed by atoms with Gasteiger partial charge in [0.25, 0.3) is 5.91 Å². The van der Waals surface area contributed by atoms with E-state index in [0.29, 0.717) is 28.0 Å². The molecular formula is C20H26N2O5S. The molecule has 2 aliphatic rings. The molecule has 8 heteroatoms. The van der Waals surface area contributed by atoms with E-state index in [0.717, 1.165) is 11.1 Å². The first-order valence-electron chi connectivity index (χ1n) is 9.03. The minimum atomic E-state index is -3.51. The molecule has 1 aromatic carbocycles. The summed E-state index contributed by atoms with van der Waals surface area (Å²) in [5.74, 6) is -1.37. The van der Waals surface area contributed by atoms with Crippen molar-refractivity contribution in [3.63, 3.8) is 0 Å². The van der Waals surface area contributed by atoms with E-state index in [4.69, 9.17) is 9.47 Å². The number of amides is 1. The molecule has 28 heavy (non-hydrogen) atoms. The Morgan fingerprint density at radius 3 is 2.32 bits per heavy atom. The number of hydrazone groups is 1. The molecule has 0 radical (unpaired) electrons. The van der Waals surface area contributed by atoms with Gasteiger partial charge in [-0.2, -0.15) is 5.10 Å². The van der Waals surface area contributed by atoms with Crippen LogP contribution in [-0.4, -0.2) is 52.1 Å². The van der Waals surface area contributed by atoms with Gasteiger partial charge in [-0.1, -0.05) is 6.07 Å². The molecule has 152 valence electrons. The molecule has 0 unspecified atom stereocenters. The van der Waals surface area contributed by atoms with Crippen molar-refractivity contribution in [2.45, 2.75) is 44.8 Å². The third-order valence-electron chi connectivity index (χ3n) is 5.73. The van der Waals surface area contributed by atoms with E-state index >= 15 is 0 Å². The van der Waals surface area contributed by atoms with Crippen molar-refractivity contribution >= 4 is 27.0 Å². The molecule has 0 bridgehead atoms. The monoisotopic (exact) mass is 406 g/mol. The molecule has 0 aromatic heterocycles. The lowest BCUT2D eigenvalue weighted by Crippen LogP contribution is -2.40. The number of allylic oxidation sites excluding steroid dienone is 1. The number of methoxy groups -OCH3 is 2. The number of ether oxygens (including phenoxy) is 2. The van der Waals surface area contributed by atoms with E-state index in [2.05, 4.69) is 5.10 Å². The minimum Gasteiger partial charge on any atom is -0.349 e. The lowest BCUT2D eigenvalue weighted by molar-refractivity contribution is -0.220. The predicted molar refractivity (Wildman–Crippen MR) is 107 cm³/mol. The Kier molecular flexibility index (Phi) is 5.02. The fraction of sp³-hybridized carbons (Fsp3) is 0.500. The number of aryl methyl sites for hydroxylation is 1. The highest BCUT2D eigenvalue weighted by Crippen LogP contribution is 2.45. The van der Waals surface area contributed by atoms with E-state index in [9.17, 15) is 13.2 Å². The van der Waals surface area contributed by atoms with Gasteiger partial charge in [0.2, 0.25) is 0 Å². The molecule has 2 aliphatic heterocycles. The van der Waals surface area contributed by atoms with E-state index in [1.54, 1.807) is 20.9 Å². The molecule has 3 rings (SSSR count). The zero-order valence-electron chi connectivity index (χ0n) is 17.3. The fourth-order valence-corrected chi connectivity index (χ4v) is 6.27. The third-order valence-corrected chi connectivity index (χ3v) is 7.60. The number of nitrogens with zero attached hydrogens (tertiary/aromatic N) is 2. The maximum atomic E-state index is 13.0. The van der Waals surface area contributed by atoms with Gasteiger partial charge >= 0.3 is 0 Å².